The van der Waals surface area contributed by atoms with E-state index in [1.165, 1.54) is 19.2 Å². The van der Waals surface area contributed by atoms with Crippen molar-refractivity contribution in [2.75, 3.05) is 7.11 Å². The molecular formula is C18H11F3O6S. The first-order valence-corrected chi connectivity index (χ1v) is 9.21. The first kappa shape index (κ1) is 18.2. The second-order valence-corrected chi connectivity index (χ2v) is 7.29. The van der Waals surface area contributed by atoms with Gasteiger partial charge in [-0.05, 0) is 23.6 Å². The predicted molar refractivity (Wildman–Crippen MR) is 92.7 cm³/mol. The van der Waals surface area contributed by atoms with Gasteiger partial charge >= 0.3 is 15.6 Å². The number of alkyl halides is 3. The van der Waals surface area contributed by atoms with Gasteiger partial charge in [-0.3, -0.25) is 0 Å². The first-order chi connectivity index (χ1) is 13.2. The van der Waals surface area contributed by atoms with E-state index in [2.05, 4.69) is 4.18 Å². The smallest absolute Gasteiger partial charge is 0.497 e. The molecule has 0 saturated heterocycles. The van der Waals surface area contributed by atoms with E-state index in [0.29, 0.717) is 16.5 Å². The normalized spacial score (nSPS) is 13.1. The molecule has 1 aliphatic rings. The highest BCUT2D eigenvalue weighted by Crippen LogP contribution is 2.54. The standard InChI is InChI=1S/C18H11F3O6S/c1-24-11-6-7-13-14(9-11)26-16-12-5-3-2-4-10(12)8-15(17(16)25-13)27-28(22,23)18(19,20)21/h2-9H,1H3. The largest absolute Gasteiger partial charge is 0.534 e. The number of hydrogen-bond donors (Lipinski definition) is 0. The van der Waals surface area contributed by atoms with Crippen molar-refractivity contribution in [1.29, 1.82) is 0 Å². The van der Waals surface area contributed by atoms with Crippen molar-refractivity contribution in [2.24, 2.45) is 0 Å². The quantitative estimate of drug-likeness (QED) is 0.349. The van der Waals surface area contributed by atoms with Crippen molar-refractivity contribution in [3.05, 3.63) is 48.5 Å². The van der Waals surface area contributed by atoms with Crippen LogP contribution < -0.4 is 18.4 Å². The third-order valence-electron chi connectivity index (χ3n) is 3.98. The van der Waals surface area contributed by atoms with Gasteiger partial charge < -0.3 is 18.4 Å². The molecule has 0 saturated carbocycles. The van der Waals surface area contributed by atoms with Crippen LogP contribution in [-0.4, -0.2) is 21.0 Å². The minimum Gasteiger partial charge on any atom is -0.497 e. The van der Waals surface area contributed by atoms with E-state index in [9.17, 15) is 21.6 Å². The lowest BCUT2D eigenvalue weighted by Crippen LogP contribution is -2.28. The van der Waals surface area contributed by atoms with Crippen molar-refractivity contribution in [1.82, 2.24) is 0 Å². The molecule has 146 valence electrons. The van der Waals surface area contributed by atoms with Gasteiger partial charge in [0.2, 0.25) is 5.75 Å². The molecule has 0 amide bonds. The third-order valence-corrected chi connectivity index (χ3v) is 4.95. The predicted octanol–water partition coefficient (Wildman–Crippen LogP) is 4.97. The lowest BCUT2D eigenvalue weighted by atomic mass is 10.1. The van der Waals surface area contributed by atoms with Crippen LogP contribution in [0.1, 0.15) is 0 Å². The number of methoxy groups -OCH3 is 1. The molecule has 0 radical (unpaired) electrons. The van der Waals surface area contributed by atoms with Crippen LogP contribution in [0, 0.1) is 0 Å². The Bertz CT molecular complexity index is 1190. The Kier molecular flexibility index (Phi) is 4.03. The van der Waals surface area contributed by atoms with Gasteiger partial charge in [-0.2, -0.15) is 21.6 Å². The van der Waals surface area contributed by atoms with Crippen LogP contribution >= 0.6 is 0 Å². The van der Waals surface area contributed by atoms with Crippen molar-refractivity contribution < 1.29 is 40.0 Å². The molecule has 3 aromatic rings. The molecule has 10 heteroatoms. The summed E-state index contributed by atoms with van der Waals surface area (Å²) in [6, 6.07) is 12.3. The van der Waals surface area contributed by atoms with Crippen molar-refractivity contribution in [3.63, 3.8) is 0 Å². The number of ether oxygens (including phenoxy) is 3. The number of fused-ring (bicyclic) bond motifs is 4. The van der Waals surface area contributed by atoms with Crippen molar-refractivity contribution >= 4 is 20.9 Å². The van der Waals surface area contributed by atoms with Crippen molar-refractivity contribution in [3.8, 4) is 34.5 Å². The third kappa shape index (κ3) is 2.95. The summed E-state index contributed by atoms with van der Waals surface area (Å²) in [7, 11) is -4.44. The molecule has 0 unspecified atom stereocenters. The Hall–Kier alpha value is -3.14. The zero-order chi connectivity index (χ0) is 20.1. The fourth-order valence-electron chi connectivity index (χ4n) is 2.70. The molecule has 0 aromatic heterocycles. The highest BCUT2D eigenvalue weighted by atomic mass is 32.2. The number of hydrogen-bond acceptors (Lipinski definition) is 6. The summed E-state index contributed by atoms with van der Waals surface area (Å²) in [5.74, 6) is 0.0238. The van der Waals surface area contributed by atoms with Crippen LogP contribution in [0.3, 0.4) is 0 Å². The molecule has 6 nitrogen and oxygen atoms in total. The fourth-order valence-corrected chi connectivity index (χ4v) is 3.15. The van der Waals surface area contributed by atoms with Crippen LogP contribution in [0.5, 0.6) is 34.5 Å². The minimum absolute atomic E-state index is 0.0335. The van der Waals surface area contributed by atoms with Crippen molar-refractivity contribution in [2.45, 2.75) is 5.51 Å². The molecule has 0 bridgehead atoms. The molecule has 0 spiro atoms. The molecular weight excluding hydrogens is 401 g/mol. The summed E-state index contributed by atoms with van der Waals surface area (Å²) < 4.78 is 82.3. The van der Waals surface area contributed by atoms with Crippen LogP contribution in [0.25, 0.3) is 10.8 Å². The fraction of sp³-hybridized carbons (Fsp3) is 0.111. The van der Waals surface area contributed by atoms with Gasteiger partial charge in [-0.15, -0.1) is 0 Å². The van der Waals surface area contributed by atoms with Gasteiger partial charge in [0.25, 0.3) is 0 Å². The Morgan fingerprint density at radius 3 is 2.36 bits per heavy atom. The van der Waals surface area contributed by atoms with Gasteiger partial charge in [0.1, 0.15) is 5.75 Å². The summed E-state index contributed by atoms with van der Waals surface area (Å²) >= 11 is 0. The zero-order valence-electron chi connectivity index (χ0n) is 14.1. The van der Waals surface area contributed by atoms with Gasteiger partial charge in [0.05, 0.1) is 7.11 Å². The summed E-state index contributed by atoms with van der Waals surface area (Å²) in [6.07, 6.45) is 0. The van der Waals surface area contributed by atoms with Gasteiger partial charge in [-0.25, -0.2) is 0 Å². The van der Waals surface area contributed by atoms with Crippen LogP contribution in [0.15, 0.2) is 48.5 Å². The van der Waals surface area contributed by atoms with E-state index < -0.39 is 21.4 Å². The second kappa shape index (κ2) is 6.20. The Labute approximate surface area is 157 Å². The Balaban J connectivity index is 1.90. The maximum atomic E-state index is 12.8. The lowest BCUT2D eigenvalue weighted by molar-refractivity contribution is -0.0500. The molecule has 0 aliphatic carbocycles. The molecule has 28 heavy (non-hydrogen) atoms. The molecule has 1 heterocycles. The minimum atomic E-state index is -5.90. The van der Waals surface area contributed by atoms with E-state index in [1.807, 2.05) is 0 Å². The molecule has 0 fully saturated rings. The molecule has 0 N–H and O–H groups in total. The lowest BCUT2D eigenvalue weighted by Gasteiger charge is -2.24. The maximum absolute atomic E-state index is 12.8. The number of halogens is 3. The number of rotatable bonds is 3. The second-order valence-electron chi connectivity index (χ2n) is 5.75. The summed E-state index contributed by atoms with van der Waals surface area (Å²) in [4.78, 5) is 0. The Morgan fingerprint density at radius 2 is 1.64 bits per heavy atom. The topological polar surface area (TPSA) is 71.1 Å². The average Bonchev–Trinajstić information content (AvgIpc) is 2.65. The Morgan fingerprint density at radius 1 is 0.929 bits per heavy atom. The SMILES string of the molecule is COc1ccc2c(c1)Oc1c(c(OS(=O)(=O)C(F)(F)F)cc3ccccc13)O2. The number of benzene rings is 3. The molecule has 0 atom stereocenters. The van der Waals surface area contributed by atoms with Crippen LogP contribution in [0.4, 0.5) is 13.2 Å². The van der Waals surface area contributed by atoms with E-state index in [4.69, 9.17) is 14.2 Å². The maximum Gasteiger partial charge on any atom is 0.534 e. The highest BCUT2D eigenvalue weighted by Gasteiger charge is 2.49. The molecule has 4 rings (SSSR count). The van der Waals surface area contributed by atoms with E-state index in [0.717, 1.165) is 6.07 Å². The monoisotopic (exact) mass is 412 g/mol. The molecule has 1 aliphatic heterocycles. The average molecular weight is 412 g/mol. The van der Waals surface area contributed by atoms with Crippen LogP contribution in [0.2, 0.25) is 0 Å². The highest BCUT2D eigenvalue weighted by molar-refractivity contribution is 7.88. The summed E-state index contributed by atoms with van der Waals surface area (Å²) in [5.41, 5.74) is -5.59. The van der Waals surface area contributed by atoms with Gasteiger partial charge in [-0.1, -0.05) is 24.3 Å². The zero-order valence-corrected chi connectivity index (χ0v) is 14.9. The van der Waals surface area contributed by atoms with E-state index in [-0.39, 0.29) is 23.0 Å². The first-order valence-electron chi connectivity index (χ1n) is 7.80. The van der Waals surface area contributed by atoms with Gasteiger partial charge in [0, 0.05) is 11.5 Å². The van der Waals surface area contributed by atoms with Crippen LogP contribution in [-0.2, 0) is 10.1 Å². The van der Waals surface area contributed by atoms with Gasteiger partial charge in [0.15, 0.2) is 23.0 Å². The van der Waals surface area contributed by atoms with E-state index in [1.54, 1.807) is 30.3 Å². The summed E-state index contributed by atoms with van der Waals surface area (Å²) in [5, 5.41) is 0.909. The molecule has 3 aromatic carbocycles. The van der Waals surface area contributed by atoms with E-state index >= 15 is 0 Å². The summed E-state index contributed by atoms with van der Waals surface area (Å²) in [6.45, 7) is 0.